The lowest BCUT2D eigenvalue weighted by Gasteiger charge is -2.11. The topological polar surface area (TPSA) is 46.2 Å². The molecule has 1 atom stereocenters. The monoisotopic (exact) mass is 275 g/mol. The number of halogens is 1. The number of rotatable bonds is 6. The lowest BCUT2D eigenvalue weighted by Crippen LogP contribution is -2.24. The largest absolute Gasteiger partial charge is 0.384 e. The Morgan fingerprint density at radius 2 is 1.88 bits per heavy atom. The minimum Gasteiger partial charge on any atom is -0.384 e. The van der Waals surface area contributed by atoms with Crippen molar-refractivity contribution < 1.29 is 8.42 Å². The number of sulfone groups is 1. The molecule has 96 valence electrons. The van der Waals surface area contributed by atoms with Crippen molar-refractivity contribution in [3.63, 3.8) is 0 Å². The molecule has 1 aromatic rings. The molecule has 0 aliphatic rings. The summed E-state index contributed by atoms with van der Waals surface area (Å²) in [5.41, 5.74) is 0.883. The van der Waals surface area contributed by atoms with Crippen LogP contribution in [-0.2, 0) is 9.84 Å². The summed E-state index contributed by atoms with van der Waals surface area (Å²) >= 11 is 5.75. The van der Waals surface area contributed by atoms with Gasteiger partial charge in [0.1, 0.15) is 0 Å². The van der Waals surface area contributed by atoms with Gasteiger partial charge in [-0.25, -0.2) is 8.42 Å². The Morgan fingerprint density at radius 3 is 2.41 bits per heavy atom. The number of hydrogen-bond donors (Lipinski definition) is 1. The minimum atomic E-state index is -2.98. The SMILES string of the molecule is CCC(C)S(=O)(=O)CCNc1ccc(Cl)cc1. The first kappa shape index (κ1) is 14.3. The van der Waals surface area contributed by atoms with E-state index in [1.54, 1.807) is 19.1 Å². The van der Waals surface area contributed by atoms with Crippen LogP contribution < -0.4 is 5.32 Å². The van der Waals surface area contributed by atoms with Gasteiger partial charge in [0, 0.05) is 17.3 Å². The fourth-order valence-electron chi connectivity index (χ4n) is 1.36. The zero-order chi connectivity index (χ0) is 12.9. The summed E-state index contributed by atoms with van der Waals surface area (Å²) in [6.45, 7) is 4.06. The molecule has 0 spiro atoms. The van der Waals surface area contributed by atoms with Crippen molar-refractivity contribution in [2.24, 2.45) is 0 Å². The van der Waals surface area contributed by atoms with Crippen LogP contribution in [0.15, 0.2) is 24.3 Å². The summed E-state index contributed by atoms with van der Waals surface area (Å²) in [5, 5.41) is 3.47. The van der Waals surface area contributed by atoms with E-state index in [-0.39, 0.29) is 11.0 Å². The maximum Gasteiger partial charge on any atom is 0.154 e. The van der Waals surface area contributed by atoms with Gasteiger partial charge in [0.05, 0.1) is 11.0 Å². The molecule has 0 heterocycles. The number of anilines is 1. The maximum atomic E-state index is 11.7. The molecule has 1 N–H and O–H groups in total. The Labute approximate surface area is 108 Å². The Kier molecular flexibility index (Phi) is 5.28. The molecular formula is C12H18ClNO2S. The summed E-state index contributed by atoms with van der Waals surface area (Å²) in [7, 11) is -2.98. The molecule has 0 radical (unpaired) electrons. The second-order valence-electron chi connectivity index (χ2n) is 4.02. The molecule has 0 bridgehead atoms. The van der Waals surface area contributed by atoms with Crippen LogP contribution in [0.4, 0.5) is 5.69 Å². The predicted molar refractivity (Wildman–Crippen MR) is 73.5 cm³/mol. The first-order chi connectivity index (χ1) is 7.95. The smallest absolute Gasteiger partial charge is 0.154 e. The van der Waals surface area contributed by atoms with Crippen LogP contribution in [0, 0.1) is 0 Å². The molecular weight excluding hydrogens is 258 g/mol. The highest BCUT2D eigenvalue weighted by atomic mass is 35.5. The fraction of sp³-hybridized carbons (Fsp3) is 0.500. The summed E-state index contributed by atoms with van der Waals surface area (Å²) in [6, 6.07) is 7.20. The summed E-state index contributed by atoms with van der Waals surface area (Å²) in [6.07, 6.45) is 0.656. The van der Waals surface area contributed by atoms with Crippen molar-refractivity contribution in [1.82, 2.24) is 0 Å². The number of nitrogens with one attached hydrogen (secondary N) is 1. The second-order valence-corrected chi connectivity index (χ2v) is 6.99. The third-order valence-corrected chi connectivity index (χ3v) is 5.33. The van der Waals surface area contributed by atoms with E-state index < -0.39 is 9.84 Å². The fourth-order valence-corrected chi connectivity index (χ4v) is 2.78. The maximum absolute atomic E-state index is 11.7. The molecule has 0 amide bonds. The van der Waals surface area contributed by atoms with Crippen LogP contribution in [-0.4, -0.2) is 26.0 Å². The van der Waals surface area contributed by atoms with Crippen molar-refractivity contribution in [1.29, 1.82) is 0 Å². The van der Waals surface area contributed by atoms with Crippen LogP contribution in [0.3, 0.4) is 0 Å². The van der Waals surface area contributed by atoms with Crippen molar-refractivity contribution in [2.75, 3.05) is 17.6 Å². The summed E-state index contributed by atoms with van der Waals surface area (Å²) in [5.74, 6) is 0.157. The van der Waals surface area contributed by atoms with Crippen molar-refractivity contribution >= 4 is 27.1 Å². The first-order valence-corrected chi connectivity index (χ1v) is 7.76. The van der Waals surface area contributed by atoms with Gasteiger partial charge >= 0.3 is 0 Å². The lowest BCUT2D eigenvalue weighted by molar-refractivity contribution is 0.581. The Balaban J connectivity index is 2.45. The van der Waals surface area contributed by atoms with E-state index >= 15 is 0 Å². The highest BCUT2D eigenvalue weighted by Crippen LogP contribution is 2.13. The van der Waals surface area contributed by atoms with Crippen molar-refractivity contribution in [3.8, 4) is 0 Å². The van der Waals surface area contributed by atoms with Gasteiger partial charge in [0.15, 0.2) is 9.84 Å². The van der Waals surface area contributed by atoms with Gasteiger partial charge in [-0.1, -0.05) is 18.5 Å². The van der Waals surface area contributed by atoms with Gasteiger partial charge in [-0.2, -0.15) is 0 Å². The van der Waals surface area contributed by atoms with Crippen LogP contribution >= 0.6 is 11.6 Å². The van der Waals surface area contributed by atoms with Gasteiger partial charge in [-0.15, -0.1) is 0 Å². The normalized spacial score (nSPS) is 13.4. The molecule has 0 aliphatic heterocycles. The van der Waals surface area contributed by atoms with E-state index in [0.717, 1.165) is 5.69 Å². The van der Waals surface area contributed by atoms with E-state index in [9.17, 15) is 8.42 Å². The third-order valence-electron chi connectivity index (χ3n) is 2.75. The summed E-state index contributed by atoms with van der Waals surface area (Å²) in [4.78, 5) is 0. The first-order valence-electron chi connectivity index (χ1n) is 5.66. The van der Waals surface area contributed by atoms with Gasteiger partial charge in [-0.3, -0.25) is 0 Å². The molecule has 3 nitrogen and oxygen atoms in total. The molecule has 0 aliphatic carbocycles. The second kappa shape index (κ2) is 6.26. The number of hydrogen-bond acceptors (Lipinski definition) is 3. The van der Waals surface area contributed by atoms with Gasteiger partial charge in [0.25, 0.3) is 0 Å². The van der Waals surface area contributed by atoms with Gasteiger partial charge in [-0.05, 0) is 37.6 Å². The molecule has 1 unspecified atom stereocenters. The average molecular weight is 276 g/mol. The standard InChI is InChI=1S/C12H18ClNO2S/c1-3-10(2)17(15,16)9-8-14-12-6-4-11(13)5-7-12/h4-7,10,14H,3,8-9H2,1-2H3. The quantitative estimate of drug-likeness (QED) is 0.868. The third kappa shape index (κ3) is 4.56. The Morgan fingerprint density at radius 1 is 1.29 bits per heavy atom. The predicted octanol–water partition coefficient (Wildman–Crippen LogP) is 2.97. The highest BCUT2D eigenvalue weighted by Gasteiger charge is 2.17. The van der Waals surface area contributed by atoms with E-state index in [1.807, 2.05) is 19.1 Å². The van der Waals surface area contributed by atoms with E-state index in [0.29, 0.717) is 18.0 Å². The van der Waals surface area contributed by atoms with Crippen LogP contribution in [0.1, 0.15) is 20.3 Å². The molecule has 5 heteroatoms. The average Bonchev–Trinajstić information content (AvgIpc) is 2.30. The summed E-state index contributed by atoms with van der Waals surface area (Å²) < 4.78 is 23.5. The zero-order valence-electron chi connectivity index (χ0n) is 10.1. The molecule has 1 aromatic carbocycles. The Hall–Kier alpha value is -0.740. The molecule has 1 rings (SSSR count). The van der Waals surface area contributed by atoms with E-state index in [2.05, 4.69) is 5.32 Å². The van der Waals surface area contributed by atoms with E-state index in [1.165, 1.54) is 0 Å². The van der Waals surface area contributed by atoms with Crippen LogP contribution in [0.5, 0.6) is 0 Å². The molecule has 0 saturated heterocycles. The number of benzene rings is 1. The van der Waals surface area contributed by atoms with Gasteiger partial charge < -0.3 is 5.32 Å². The molecule has 0 fully saturated rings. The van der Waals surface area contributed by atoms with Crippen molar-refractivity contribution in [3.05, 3.63) is 29.3 Å². The molecule has 0 aromatic heterocycles. The van der Waals surface area contributed by atoms with Crippen LogP contribution in [0.2, 0.25) is 5.02 Å². The van der Waals surface area contributed by atoms with Crippen molar-refractivity contribution in [2.45, 2.75) is 25.5 Å². The van der Waals surface area contributed by atoms with Crippen LogP contribution in [0.25, 0.3) is 0 Å². The highest BCUT2D eigenvalue weighted by molar-refractivity contribution is 7.92. The molecule has 0 saturated carbocycles. The zero-order valence-corrected chi connectivity index (χ0v) is 11.7. The lowest BCUT2D eigenvalue weighted by atomic mass is 10.3. The minimum absolute atomic E-state index is 0.157. The molecule has 17 heavy (non-hydrogen) atoms. The Bertz CT molecular complexity index is 442. The van der Waals surface area contributed by atoms with E-state index in [4.69, 9.17) is 11.6 Å². The van der Waals surface area contributed by atoms with Gasteiger partial charge in [0.2, 0.25) is 0 Å².